The number of hydrogen-bond acceptors (Lipinski definition) is 3. The molecular weight excluding hydrogens is 238 g/mol. The van der Waals surface area contributed by atoms with Crippen LogP contribution in [0.5, 0.6) is 0 Å². The SMILES string of the molecule is CC(C)(C)C(=O)P(=O)(O)C(=O)C(C)(C)C.[H-].[Na+]. The second-order valence-corrected chi connectivity index (χ2v) is 7.65. The third kappa shape index (κ3) is 4.42. The molecule has 90 valence electrons. The van der Waals surface area contributed by atoms with Crippen LogP contribution in [0.2, 0.25) is 0 Å². The summed E-state index contributed by atoms with van der Waals surface area (Å²) in [6.45, 7) is 9.13. The molecule has 0 fully saturated rings. The van der Waals surface area contributed by atoms with E-state index in [1.165, 1.54) is 41.5 Å². The van der Waals surface area contributed by atoms with Gasteiger partial charge in [0.25, 0.3) is 0 Å². The molecule has 0 heterocycles. The van der Waals surface area contributed by atoms with Crippen LogP contribution < -0.4 is 29.6 Å². The van der Waals surface area contributed by atoms with Crippen molar-refractivity contribution < 1.29 is 50.0 Å². The minimum atomic E-state index is -4.40. The minimum Gasteiger partial charge on any atom is -1.00 e. The minimum absolute atomic E-state index is 0. The Labute approximate surface area is 120 Å². The van der Waals surface area contributed by atoms with Crippen LogP contribution in [0, 0.1) is 10.8 Å². The van der Waals surface area contributed by atoms with Crippen molar-refractivity contribution in [3.8, 4) is 0 Å². The topological polar surface area (TPSA) is 71.4 Å². The molecule has 0 aromatic carbocycles. The Kier molecular flexibility index (Phi) is 6.43. The first-order valence-corrected chi connectivity index (χ1v) is 6.40. The van der Waals surface area contributed by atoms with Crippen molar-refractivity contribution in [1.29, 1.82) is 0 Å². The fourth-order valence-corrected chi connectivity index (χ4v) is 3.00. The van der Waals surface area contributed by atoms with E-state index < -0.39 is 29.2 Å². The summed E-state index contributed by atoms with van der Waals surface area (Å²) in [5.41, 5.74) is -3.72. The standard InChI is InChI=1S/C10H19O4P.Na.H/c1-9(2,3)7(11)15(13,14)8(12)10(4,5)6;;/h1-6H3,(H,13,14);;/q;+1;-1. The molecular formula is C10H20NaO4P. The van der Waals surface area contributed by atoms with Crippen molar-refractivity contribution >= 4 is 18.4 Å². The van der Waals surface area contributed by atoms with Crippen molar-refractivity contribution in [3.63, 3.8) is 0 Å². The Morgan fingerprint density at radius 2 is 1.12 bits per heavy atom. The maximum atomic E-state index is 11.8. The number of carbonyl (C=O) groups is 2. The van der Waals surface area contributed by atoms with Crippen molar-refractivity contribution in [2.24, 2.45) is 10.8 Å². The molecule has 0 radical (unpaired) electrons. The molecule has 0 spiro atoms. The zero-order valence-electron chi connectivity index (χ0n) is 12.1. The van der Waals surface area contributed by atoms with E-state index in [9.17, 15) is 19.0 Å². The zero-order chi connectivity index (χ0) is 12.7. The summed E-state index contributed by atoms with van der Waals surface area (Å²) in [5, 5.41) is 0. The number of rotatable bonds is 2. The molecule has 0 saturated carbocycles. The van der Waals surface area contributed by atoms with Gasteiger partial charge in [-0.25, -0.2) is 0 Å². The van der Waals surface area contributed by atoms with Gasteiger partial charge >= 0.3 is 36.9 Å². The van der Waals surface area contributed by atoms with E-state index in [1.54, 1.807) is 0 Å². The monoisotopic (exact) mass is 258 g/mol. The Balaban J connectivity index is -0.000000980. The molecule has 0 aromatic heterocycles. The quantitative estimate of drug-likeness (QED) is 0.536. The summed E-state index contributed by atoms with van der Waals surface area (Å²) in [6, 6.07) is 0. The van der Waals surface area contributed by atoms with Gasteiger partial charge in [0.05, 0.1) is 0 Å². The molecule has 0 atom stereocenters. The first-order chi connectivity index (χ1) is 6.31. The van der Waals surface area contributed by atoms with Crippen LogP contribution in [0.1, 0.15) is 43.0 Å². The zero-order valence-corrected chi connectivity index (χ0v) is 14.0. The van der Waals surface area contributed by atoms with Gasteiger partial charge in [-0.15, -0.1) is 0 Å². The van der Waals surface area contributed by atoms with Gasteiger partial charge in [-0.05, 0) is 0 Å². The van der Waals surface area contributed by atoms with Crippen LogP contribution >= 0.6 is 7.37 Å². The van der Waals surface area contributed by atoms with Crippen molar-refractivity contribution in [2.75, 3.05) is 0 Å². The van der Waals surface area contributed by atoms with Crippen molar-refractivity contribution in [1.82, 2.24) is 0 Å². The van der Waals surface area contributed by atoms with Crippen LogP contribution in [0.3, 0.4) is 0 Å². The van der Waals surface area contributed by atoms with E-state index in [0.717, 1.165) is 0 Å². The van der Waals surface area contributed by atoms with E-state index in [0.29, 0.717) is 0 Å². The predicted molar refractivity (Wildman–Crippen MR) is 59.9 cm³/mol. The summed E-state index contributed by atoms with van der Waals surface area (Å²) in [5.74, 6) is 0. The third-order valence-corrected chi connectivity index (χ3v) is 4.28. The molecule has 1 N–H and O–H groups in total. The molecule has 0 aliphatic rings. The third-order valence-electron chi connectivity index (χ3n) is 1.83. The maximum Gasteiger partial charge on any atom is 1.00 e. The molecule has 0 saturated heterocycles. The normalized spacial score (nSPS) is 12.9. The first kappa shape index (κ1) is 18.9. The van der Waals surface area contributed by atoms with E-state index in [2.05, 4.69) is 0 Å². The second-order valence-electron chi connectivity index (χ2n) is 5.69. The van der Waals surface area contributed by atoms with Gasteiger partial charge in [0, 0.05) is 10.8 Å². The second kappa shape index (κ2) is 5.45. The van der Waals surface area contributed by atoms with Gasteiger partial charge in [-0.1, -0.05) is 41.5 Å². The van der Waals surface area contributed by atoms with E-state index >= 15 is 0 Å². The van der Waals surface area contributed by atoms with Crippen molar-refractivity contribution in [2.45, 2.75) is 41.5 Å². The first-order valence-electron chi connectivity index (χ1n) is 4.74. The smallest absolute Gasteiger partial charge is 1.00 e. The van der Waals surface area contributed by atoms with Crippen LogP contribution in [-0.2, 0) is 14.2 Å². The van der Waals surface area contributed by atoms with Gasteiger partial charge in [-0.3, -0.25) is 14.2 Å². The Bertz CT molecular complexity index is 311. The van der Waals surface area contributed by atoms with Gasteiger partial charge in [0.1, 0.15) is 0 Å². The average Bonchev–Trinajstić information content (AvgIpc) is 1.98. The molecule has 6 heteroatoms. The Hall–Kier alpha value is 0.530. The summed E-state index contributed by atoms with van der Waals surface area (Å²) in [7, 11) is -4.40. The summed E-state index contributed by atoms with van der Waals surface area (Å²) in [4.78, 5) is 32.9. The summed E-state index contributed by atoms with van der Waals surface area (Å²) in [6.07, 6.45) is 0. The molecule has 0 aliphatic heterocycles. The van der Waals surface area contributed by atoms with E-state index in [4.69, 9.17) is 0 Å². The largest absolute Gasteiger partial charge is 1.00 e. The van der Waals surface area contributed by atoms with Crippen LogP contribution in [0.15, 0.2) is 0 Å². The maximum absolute atomic E-state index is 11.8. The molecule has 0 aromatic rings. The molecule has 0 bridgehead atoms. The van der Waals surface area contributed by atoms with Gasteiger partial charge in [0.15, 0.2) is 0 Å². The van der Waals surface area contributed by atoms with E-state index in [-0.39, 0.29) is 31.0 Å². The molecule has 0 rings (SSSR count). The van der Waals surface area contributed by atoms with Gasteiger partial charge in [0.2, 0.25) is 11.0 Å². The fourth-order valence-electron chi connectivity index (χ4n) is 1.00. The molecule has 0 aliphatic carbocycles. The predicted octanol–water partition coefficient (Wildman–Crippen LogP) is -0.481. The number of hydrogen-bond donors (Lipinski definition) is 1. The van der Waals surface area contributed by atoms with Crippen molar-refractivity contribution in [3.05, 3.63) is 0 Å². The van der Waals surface area contributed by atoms with Crippen LogP contribution in [-0.4, -0.2) is 15.9 Å². The molecule has 0 amide bonds. The molecule has 0 unspecified atom stereocenters. The Morgan fingerprint density at radius 3 is 1.25 bits per heavy atom. The van der Waals surface area contributed by atoms with Crippen LogP contribution in [0.25, 0.3) is 0 Å². The summed E-state index contributed by atoms with van der Waals surface area (Å²) < 4.78 is 11.8. The Morgan fingerprint density at radius 1 is 0.938 bits per heavy atom. The van der Waals surface area contributed by atoms with Crippen LogP contribution in [0.4, 0.5) is 0 Å². The molecule has 16 heavy (non-hydrogen) atoms. The summed E-state index contributed by atoms with van der Waals surface area (Å²) >= 11 is 0. The number of carbonyl (C=O) groups excluding carboxylic acids is 2. The fraction of sp³-hybridized carbons (Fsp3) is 0.800. The van der Waals surface area contributed by atoms with Gasteiger partial charge in [-0.2, -0.15) is 0 Å². The molecule has 4 nitrogen and oxygen atoms in total. The average molecular weight is 258 g/mol. The van der Waals surface area contributed by atoms with E-state index in [1.807, 2.05) is 0 Å². The van der Waals surface area contributed by atoms with Gasteiger partial charge < -0.3 is 6.32 Å².